The Morgan fingerprint density at radius 2 is 1.70 bits per heavy atom. The first-order chi connectivity index (χ1) is 14.6. The van der Waals surface area contributed by atoms with Crippen molar-refractivity contribution in [1.29, 1.82) is 0 Å². The topological polar surface area (TPSA) is 98.2 Å². The highest BCUT2D eigenvalue weighted by atomic mass is 16.2. The molecule has 2 rings (SSSR count). The fourth-order valence-electron chi connectivity index (χ4n) is 3.22. The summed E-state index contributed by atoms with van der Waals surface area (Å²) in [5.41, 5.74) is 10.4. The molecule has 0 heterocycles. The summed E-state index contributed by atoms with van der Waals surface area (Å²) in [5, 5.41) is 6.71. The first kappa shape index (κ1) is 23.0. The lowest BCUT2D eigenvalue weighted by Gasteiger charge is -2.32. The number of hydrogen-bond acceptors (Lipinski definition) is 3. The highest BCUT2D eigenvalue weighted by Gasteiger charge is 2.32. The average Bonchev–Trinajstić information content (AvgIpc) is 2.78. The Hall–Kier alpha value is -3.31. The molecule has 2 aromatic rings. The maximum Gasteiger partial charge on any atom is 0.254 e. The summed E-state index contributed by atoms with van der Waals surface area (Å²) in [6, 6.07) is 15.0. The maximum atomic E-state index is 13.4. The van der Waals surface area contributed by atoms with Gasteiger partial charge in [-0.3, -0.25) is 9.59 Å². The van der Waals surface area contributed by atoms with E-state index in [-0.39, 0.29) is 11.8 Å². The second kappa shape index (κ2) is 12.3. The number of carbonyl (C=O) groups is 2. The molecule has 0 spiro atoms. The van der Waals surface area contributed by atoms with Gasteiger partial charge < -0.3 is 10.2 Å². The van der Waals surface area contributed by atoms with Crippen LogP contribution in [0.4, 0.5) is 5.69 Å². The molecule has 0 aliphatic rings. The van der Waals surface area contributed by atoms with Gasteiger partial charge in [-0.2, -0.15) is 0 Å². The van der Waals surface area contributed by atoms with Gasteiger partial charge in [-0.15, -0.1) is 0 Å². The van der Waals surface area contributed by atoms with Crippen LogP contribution in [0.2, 0.25) is 0 Å². The van der Waals surface area contributed by atoms with E-state index in [1.54, 1.807) is 53.4 Å². The van der Waals surface area contributed by atoms with E-state index in [0.29, 0.717) is 29.9 Å². The van der Waals surface area contributed by atoms with Crippen LogP contribution in [0.5, 0.6) is 0 Å². The van der Waals surface area contributed by atoms with Crippen molar-refractivity contribution in [1.82, 2.24) is 10.2 Å². The Balaban J connectivity index is 2.53. The number of nitrogens with one attached hydrogen (secondary N) is 1. The molecule has 1 unspecified atom stereocenters. The first-order valence-corrected chi connectivity index (χ1v) is 10.4. The number of hydrogen-bond donors (Lipinski definition) is 1. The third-order valence-corrected chi connectivity index (χ3v) is 4.81. The number of azide groups is 1. The van der Waals surface area contributed by atoms with Crippen LogP contribution >= 0.6 is 0 Å². The second-order valence-electron chi connectivity index (χ2n) is 7.01. The molecule has 0 radical (unpaired) electrons. The number of amides is 2. The van der Waals surface area contributed by atoms with Gasteiger partial charge in [0, 0.05) is 29.3 Å². The zero-order chi connectivity index (χ0) is 21.8. The van der Waals surface area contributed by atoms with Crippen LogP contribution in [-0.4, -0.2) is 29.8 Å². The lowest BCUT2D eigenvalue weighted by atomic mass is 10.00. The van der Waals surface area contributed by atoms with Gasteiger partial charge in [0.2, 0.25) is 5.91 Å². The van der Waals surface area contributed by atoms with Gasteiger partial charge in [-0.05, 0) is 36.1 Å². The Morgan fingerprint density at radius 1 is 1.03 bits per heavy atom. The highest BCUT2D eigenvalue weighted by Crippen LogP contribution is 2.31. The molecule has 30 heavy (non-hydrogen) atoms. The van der Waals surface area contributed by atoms with E-state index in [4.69, 9.17) is 5.53 Å². The summed E-state index contributed by atoms with van der Waals surface area (Å²) < 4.78 is 0. The van der Waals surface area contributed by atoms with E-state index in [1.165, 1.54) is 0 Å². The minimum atomic E-state index is -0.886. The monoisotopic (exact) mass is 407 g/mol. The standard InChI is InChI=1S/C23H29N5O2/c1-3-5-16-25-22(29)21(19-14-10-11-15-20(19)26-27-24)28(17-6-4-2)23(30)18-12-8-7-9-13-18/h7-15,21H,3-6,16-17H2,1-2H3,(H,25,29). The van der Waals surface area contributed by atoms with Gasteiger partial charge in [-0.1, -0.05) is 74.3 Å². The molecular formula is C23H29N5O2. The number of rotatable bonds is 11. The molecule has 1 N–H and O–H groups in total. The van der Waals surface area contributed by atoms with Crippen LogP contribution in [0.15, 0.2) is 59.7 Å². The number of benzene rings is 2. The van der Waals surface area contributed by atoms with Gasteiger partial charge in [0.25, 0.3) is 5.91 Å². The van der Waals surface area contributed by atoms with E-state index >= 15 is 0 Å². The van der Waals surface area contributed by atoms with E-state index in [0.717, 1.165) is 25.7 Å². The summed E-state index contributed by atoms with van der Waals surface area (Å²) in [5.74, 6) is -0.500. The minimum Gasteiger partial charge on any atom is -0.354 e. The van der Waals surface area contributed by atoms with Crippen LogP contribution < -0.4 is 5.32 Å². The first-order valence-electron chi connectivity index (χ1n) is 10.4. The summed E-state index contributed by atoms with van der Waals surface area (Å²) in [6.07, 6.45) is 3.42. The van der Waals surface area contributed by atoms with Crippen LogP contribution in [-0.2, 0) is 4.79 Å². The fourth-order valence-corrected chi connectivity index (χ4v) is 3.22. The zero-order valence-corrected chi connectivity index (χ0v) is 17.6. The van der Waals surface area contributed by atoms with Gasteiger partial charge in [0.15, 0.2) is 0 Å². The van der Waals surface area contributed by atoms with Gasteiger partial charge in [0.05, 0.1) is 0 Å². The van der Waals surface area contributed by atoms with Crippen molar-refractivity contribution in [2.75, 3.05) is 13.1 Å². The van der Waals surface area contributed by atoms with Crippen LogP contribution in [0.25, 0.3) is 10.4 Å². The van der Waals surface area contributed by atoms with E-state index in [9.17, 15) is 9.59 Å². The molecule has 0 aliphatic carbocycles. The van der Waals surface area contributed by atoms with Gasteiger partial charge >= 0.3 is 0 Å². The smallest absolute Gasteiger partial charge is 0.254 e. The Morgan fingerprint density at radius 3 is 2.37 bits per heavy atom. The third-order valence-electron chi connectivity index (χ3n) is 4.81. The maximum absolute atomic E-state index is 13.4. The predicted molar refractivity (Wildman–Crippen MR) is 118 cm³/mol. The zero-order valence-electron chi connectivity index (χ0n) is 17.6. The molecule has 0 aromatic heterocycles. The van der Waals surface area contributed by atoms with E-state index in [2.05, 4.69) is 15.3 Å². The molecule has 1 atom stereocenters. The van der Waals surface area contributed by atoms with Crippen molar-refractivity contribution in [3.8, 4) is 0 Å². The molecule has 0 fully saturated rings. The number of nitrogens with zero attached hydrogens (tertiary/aromatic N) is 4. The fraction of sp³-hybridized carbons (Fsp3) is 0.391. The summed E-state index contributed by atoms with van der Waals surface area (Å²) in [7, 11) is 0. The van der Waals surface area contributed by atoms with Crippen molar-refractivity contribution in [2.45, 2.75) is 45.6 Å². The van der Waals surface area contributed by atoms with Gasteiger partial charge in [0.1, 0.15) is 6.04 Å². The van der Waals surface area contributed by atoms with Crippen LogP contribution in [0.3, 0.4) is 0 Å². The number of unbranched alkanes of at least 4 members (excludes halogenated alkanes) is 2. The van der Waals surface area contributed by atoms with Crippen molar-refractivity contribution in [2.24, 2.45) is 5.11 Å². The highest BCUT2D eigenvalue weighted by molar-refractivity contribution is 5.98. The Bertz CT molecular complexity index is 878. The molecule has 0 bridgehead atoms. The molecule has 158 valence electrons. The Kier molecular flexibility index (Phi) is 9.42. The quantitative estimate of drug-likeness (QED) is 0.229. The van der Waals surface area contributed by atoms with Crippen molar-refractivity contribution < 1.29 is 9.59 Å². The second-order valence-corrected chi connectivity index (χ2v) is 7.01. The van der Waals surface area contributed by atoms with Crippen LogP contribution in [0, 0.1) is 0 Å². The molecule has 0 saturated carbocycles. The van der Waals surface area contributed by atoms with Crippen molar-refractivity contribution in [3.05, 3.63) is 76.2 Å². The molecule has 2 amide bonds. The molecule has 0 aliphatic heterocycles. The molecule has 7 nitrogen and oxygen atoms in total. The van der Waals surface area contributed by atoms with Crippen LogP contribution in [0.1, 0.15) is 61.5 Å². The van der Waals surface area contributed by atoms with Gasteiger partial charge in [-0.25, -0.2) is 0 Å². The number of carbonyl (C=O) groups excluding carboxylic acids is 2. The Labute approximate surface area is 177 Å². The summed E-state index contributed by atoms with van der Waals surface area (Å²) in [6.45, 7) is 5.03. The molecule has 7 heteroatoms. The normalized spacial score (nSPS) is 11.3. The SMILES string of the molecule is CCCCNC(=O)C(c1ccccc1N=[N+]=[N-])N(CCCC)C(=O)c1ccccc1. The lowest BCUT2D eigenvalue weighted by Crippen LogP contribution is -2.44. The average molecular weight is 408 g/mol. The predicted octanol–water partition coefficient (Wildman–Crippen LogP) is 5.53. The largest absolute Gasteiger partial charge is 0.354 e. The minimum absolute atomic E-state index is 0.226. The molecule has 2 aromatic carbocycles. The molecule has 0 saturated heterocycles. The van der Waals surface area contributed by atoms with Crippen molar-refractivity contribution in [3.63, 3.8) is 0 Å². The van der Waals surface area contributed by atoms with E-state index < -0.39 is 6.04 Å². The lowest BCUT2D eigenvalue weighted by molar-refractivity contribution is -0.126. The third kappa shape index (κ3) is 6.09. The van der Waals surface area contributed by atoms with Crippen molar-refractivity contribution >= 4 is 17.5 Å². The van der Waals surface area contributed by atoms with E-state index in [1.807, 2.05) is 19.9 Å². The molecular weight excluding hydrogens is 378 g/mol. The summed E-state index contributed by atoms with van der Waals surface area (Å²) >= 11 is 0. The summed E-state index contributed by atoms with van der Waals surface area (Å²) in [4.78, 5) is 31.2.